The van der Waals surface area contributed by atoms with E-state index in [9.17, 15) is 19.8 Å². The number of aromatic carboxylic acids is 2. The molecule has 0 atom stereocenters. The van der Waals surface area contributed by atoms with Crippen LogP contribution in [0.3, 0.4) is 0 Å². The number of aryl methyl sites for hydroxylation is 2. The van der Waals surface area contributed by atoms with Gasteiger partial charge in [0.05, 0.1) is 11.9 Å². The van der Waals surface area contributed by atoms with Gasteiger partial charge in [-0.25, -0.2) is 0 Å². The minimum Gasteiger partial charge on any atom is -0.545 e. The van der Waals surface area contributed by atoms with Gasteiger partial charge in [-0.05, 0) is 36.8 Å². The van der Waals surface area contributed by atoms with Crippen LogP contribution in [0.25, 0.3) is 0 Å². The van der Waals surface area contributed by atoms with E-state index >= 15 is 0 Å². The van der Waals surface area contributed by atoms with Gasteiger partial charge in [0.1, 0.15) is 0 Å². The van der Waals surface area contributed by atoms with Gasteiger partial charge in [-0.3, -0.25) is 0 Å². The second kappa shape index (κ2) is 8.13. The number of hydrogen-bond acceptors (Lipinski definition) is 4. The predicted octanol–water partition coefficient (Wildman–Crippen LogP) is 1.37. The first-order valence-electron chi connectivity index (χ1n) is 7.68. The summed E-state index contributed by atoms with van der Waals surface area (Å²) in [6, 6.07) is 13.7. The van der Waals surface area contributed by atoms with Crippen molar-refractivity contribution in [3.63, 3.8) is 0 Å². The number of carbonyl (C=O) groups is 2. The number of carboxylic acids is 2. The summed E-state index contributed by atoms with van der Waals surface area (Å²) < 4.78 is 0. The van der Waals surface area contributed by atoms with E-state index in [4.69, 9.17) is 0 Å². The van der Waals surface area contributed by atoms with Crippen molar-refractivity contribution in [2.24, 2.45) is 0 Å². The molecule has 2 rings (SSSR count). The highest BCUT2D eigenvalue weighted by Crippen LogP contribution is 2.15. The zero-order chi connectivity index (χ0) is 16.7. The molecular weight excluding hydrogens is 292 g/mol. The number of unbranched alkanes of at least 4 members (excludes halogenated alkanes) is 2. The highest BCUT2D eigenvalue weighted by Gasteiger charge is 2.04. The largest absolute Gasteiger partial charge is 0.545 e. The minimum atomic E-state index is -1.15. The quantitative estimate of drug-likeness (QED) is 0.690. The third-order valence-corrected chi connectivity index (χ3v) is 3.87. The maximum Gasteiger partial charge on any atom is 0.0718 e. The van der Waals surface area contributed by atoms with Gasteiger partial charge in [-0.2, -0.15) is 0 Å². The molecule has 0 radical (unpaired) electrons. The van der Waals surface area contributed by atoms with Crippen molar-refractivity contribution in [1.82, 2.24) is 0 Å². The number of benzene rings is 2. The molecule has 0 aromatic heterocycles. The van der Waals surface area contributed by atoms with Gasteiger partial charge in [-0.1, -0.05) is 55.0 Å². The van der Waals surface area contributed by atoms with Gasteiger partial charge in [0.25, 0.3) is 0 Å². The molecule has 0 saturated carbocycles. The molecule has 0 aliphatic rings. The van der Waals surface area contributed by atoms with Gasteiger partial charge in [0.15, 0.2) is 0 Å². The molecule has 0 amide bonds. The average molecular weight is 310 g/mol. The van der Waals surface area contributed by atoms with E-state index in [1.54, 1.807) is 36.4 Å². The van der Waals surface area contributed by atoms with Crippen LogP contribution >= 0.6 is 0 Å². The van der Waals surface area contributed by atoms with Crippen molar-refractivity contribution in [2.45, 2.75) is 32.1 Å². The van der Waals surface area contributed by atoms with Gasteiger partial charge in [-0.15, -0.1) is 0 Å². The fraction of sp³-hybridized carbons (Fsp3) is 0.263. The predicted molar refractivity (Wildman–Crippen MR) is 82.8 cm³/mol. The summed E-state index contributed by atoms with van der Waals surface area (Å²) in [6.45, 7) is 0. The Morgan fingerprint density at radius 3 is 1.43 bits per heavy atom. The highest BCUT2D eigenvalue weighted by atomic mass is 16.4. The topological polar surface area (TPSA) is 80.3 Å². The normalized spacial score (nSPS) is 10.4. The Hall–Kier alpha value is -2.62. The Morgan fingerprint density at radius 1 is 0.652 bits per heavy atom. The molecule has 120 valence electrons. The van der Waals surface area contributed by atoms with Crippen LogP contribution in [0.2, 0.25) is 0 Å². The summed E-state index contributed by atoms with van der Waals surface area (Å²) in [6.07, 6.45) is 3.93. The first-order valence-corrected chi connectivity index (χ1v) is 7.68. The first-order chi connectivity index (χ1) is 11.1. The Labute approximate surface area is 135 Å². The highest BCUT2D eigenvalue weighted by molar-refractivity contribution is 5.88. The van der Waals surface area contributed by atoms with E-state index in [1.807, 2.05) is 12.1 Å². The number of carbonyl (C=O) groups excluding carboxylic acids is 2. The third kappa shape index (κ3) is 4.68. The second-order valence-electron chi connectivity index (χ2n) is 5.45. The van der Waals surface area contributed by atoms with Crippen LogP contribution in [0.1, 0.15) is 51.1 Å². The Balaban J connectivity index is 1.83. The summed E-state index contributed by atoms with van der Waals surface area (Å²) in [5.74, 6) is -2.30. The molecule has 0 fully saturated rings. The van der Waals surface area contributed by atoms with Crippen LogP contribution in [0.5, 0.6) is 0 Å². The Bertz CT molecular complexity index is 632. The molecule has 0 saturated heterocycles. The maximum atomic E-state index is 11.0. The zero-order valence-electron chi connectivity index (χ0n) is 12.8. The molecule has 2 aromatic rings. The second-order valence-corrected chi connectivity index (χ2v) is 5.45. The monoisotopic (exact) mass is 310 g/mol. The van der Waals surface area contributed by atoms with Gasteiger partial charge in [0.2, 0.25) is 0 Å². The van der Waals surface area contributed by atoms with Crippen LogP contribution in [0, 0.1) is 0 Å². The summed E-state index contributed by atoms with van der Waals surface area (Å²) in [5.41, 5.74) is 2.05. The molecule has 0 aliphatic heterocycles. The summed E-state index contributed by atoms with van der Waals surface area (Å²) in [5, 5.41) is 22.0. The summed E-state index contributed by atoms with van der Waals surface area (Å²) in [7, 11) is 0. The molecular formula is C19H18O4-2. The van der Waals surface area contributed by atoms with E-state index < -0.39 is 11.9 Å². The molecule has 0 unspecified atom stereocenters. The van der Waals surface area contributed by atoms with Crippen molar-refractivity contribution >= 4 is 11.9 Å². The lowest BCUT2D eigenvalue weighted by molar-refractivity contribution is -0.256. The van der Waals surface area contributed by atoms with E-state index in [-0.39, 0.29) is 11.1 Å². The molecule has 0 bridgehead atoms. The molecule has 4 nitrogen and oxygen atoms in total. The molecule has 2 aromatic carbocycles. The fourth-order valence-electron chi connectivity index (χ4n) is 2.68. The van der Waals surface area contributed by atoms with Crippen molar-refractivity contribution in [2.75, 3.05) is 0 Å². The average Bonchev–Trinajstić information content (AvgIpc) is 2.55. The minimum absolute atomic E-state index is 0.245. The molecule has 0 spiro atoms. The van der Waals surface area contributed by atoms with Crippen molar-refractivity contribution < 1.29 is 19.8 Å². The van der Waals surface area contributed by atoms with Crippen LogP contribution in [-0.4, -0.2) is 11.9 Å². The lowest BCUT2D eigenvalue weighted by Gasteiger charge is -2.11. The number of carboxylic acid groups (broad SMARTS) is 2. The Morgan fingerprint density at radius 2 is 1.04 bits per heavy atom. The van der Waals surface area contributed by atoms with E-state index in [1.165, 1.54) is 0 Å². The fourth-order valence-corrected chi connectivity index (χ4v) is 2.68. The molecule has 23 heavy (non-hydrogen) atoms. The van der Waals surface area contributed by atoms with Crippen LogP contribution in [-0.2, 0) is 12.8 Å². The maximum absolute atomic E-state index is 11.0. The van der Waals surface area contributed by atoms with Gasteiger partial charge < -0.3 is 19.8 Å². The lowest BCUT2D eigenvalue weighted by Crippen LogP contribution is -2.23. The SMILES string of the molecule is O=C([O-])c1ccccc1CCCCCc1ccccc1C(=O)[O-]. The van der Waals surface area contributed by atoms with Crippen molar-refractivity contribution in [3.8, 4) is 0 Å². The number of hydrogen-bond donors (Lipinski definition) is 0. The standard InChI is InChI=1S/C19H20O4/c20-18(21)16-12-6-4-10-14(16)8-2-1-3-9-15-11-5-7-13-17(15)19(22)23/h4-7,10-13H,1-3,8-9H2,(H,20,21)(H,22,23)/p-2. The smallest absolute Gasteiger partial charge is 0.0718 e. The van der Waals surface area contributed by atoms with E-state index in [0.29, 0.717) is 12.8 Å². The van der Waals surface area contributed by atoms with E-state index in [0.717, 1.165) is 30.4 Å². The molecule has 0 heterocycles. The van der Waals surface area contributed by atoms with Crippen molar-refractivity contribution in [3.05, 3.63) is 70.8 Å². The van der Waals surface area contributed by atoms with Crippen LogP contribution in [0.4, 0.5) is 0 Å². The third-order valence-electron chi connectivity index (χ3n) is 3.87. The number of rotatable bonds is 8. The lowest BCUT2D eigenvalue weighted by atomic mass is 9.98. The summed E-state index contributed by atoms with van der Waals surface area (Å²) in [4.78, 5) is 22.0. The van der Waals surface area contributed by atoms with Crippen molar-refractivity contribution in [1.29, 1.82) is 0 Å². The van der Waals surface area contributed by atoms with E-state index in [2.05, 4.69) is 0 Å². The zero-order valence-corrected chi connectivity index (χ0v) is 12.8. The van der Waals surface area contributed by atoms with Crippen LogP contribution < -0.4 is 10.2 Å². The summed E-state index contributed by atoms with van der Waals surface area (Å²) >= 11 is 0. The first kappa shape index (κ1) is 16.7. The Kier molecular flexibility index (Phi) is 5.92. The van der Waals surface area contributed by atoms with Gasteiger partial charge >= 0.3 is 0 Å². The van der Waals surface area contributed by atoms with Crippen LogP contribution in [0.15, 0.2) is 48.5 Å². The van der Waals surface area contributed by atoms with Gasteiger partial charge in [0, 0.05) is 11.1 Å². The molecule has 4 heteroatoms. The molecule has 0 N–H and O–H groups in total. The molecule has 0 aliphatic carbocycles.